The number of ether oxygens (including phenoxy) is 1. The Morgan fingerprint density at radius 3 is 2.66 bits per heavy atom. The van der Waals surface area contributed by atoms with Gasteiger partial charge in [-0.05, 0) is 85.4 Å². The summed E-state index contributed by atoms with van der Waals surface area (Å²) in [5, 5.41) is 8.59. The van der Waals surface area contributed by atoms with E-state index >= 15 is 0 Å². The number of nitrogens with one attached hydrogen (secondary N) is 1. The molecule has 1 fully saturated rings. The summed E-state index contributed by atoms with van der Waals surface area (Å²) < 4.78 is 42.7. The van der Waals surface area contributed by atoms with Crippen LogP contribution in [-0.2, 0) is 17.6 Å². The largest absolute Gasteiger partial charge is 0.573 e. The first-order valence-electron chi connectivity index (χ1n) is 13.9. The van der Waals surface area contributed by atoms with Gasteiger partial charge in [0.25, 0.3) is 0 Å². The molecule has 0 spiro atoms. The summed E-state index contributed by atoms with van der Waals surface area (Å²) in [4.78, 5) is 23.4. The Bertz CT molecular complexity index is 1690. The fourth-order valence-corrected chi connectivity index (χ4v) is 5.90. The van der Waals surface area contributed by atoms with E-state index in [0.29, 0.717) is 34.1 Å². The number of amides is 1. The highest BCUT2D eigenvalue weighted by Gasteiger charge is 2.32. The molecule has 1 aromatic heterocycles. The lowest BCUT2D eigenvalue weighted by Gasteiger charge is -2.22. The first kappa shape index (κ1) is 31.2. The van der Waals surface area contributed by atoms with E-state index in [9.17, 15) is 18.0 Å². The summed E-state index contributed by atoms with van der Waals surface area (Å²) in [5.41, 5.74) is 5.45. The molecule has 0 aliphatic carbocycles. The molecule has 1 N–H and O–H groups in total. The second kappa shape index (κ2) is 13.6. The lowest BCUT2D eigenvalue weighted by molar-refractivity contribution is -0.274. The van der Waals surface area contributed by atoms with Crippen LogP contribution in [0.3, 0.4) is 0 Å². The van der Waals surface area contributed by atoms with E-state index in [4.69, 9.17) is 12.2 Å². The van der Waals surface area contributed by atoms with Crippen molar-refractivity contribution in [3.8, 4) is 22.8 Å². The molecule has 5 rings (SSSR count). The van der Waals surface area contributed by atoms with E-state index < -0.39 is 6.36 Å². The van der Waals surface area contributed by atoms with E-state index in [2.05, 4.69) is 32.1 Å². The summed E-state index contributed by atoms with van der Waals surface area (Å²) in [7, 11) is 0. The van der Waals surface area contributed by atoms with E-state index in [1.54, 1.807) is 4.90 Å². The van der Waals surface area contributed by atoms with Crippen LogP contribution in [0.15, 0.2) is 78.0 Å². The maximum absolute atomic E-state index is 12.8. The lowest BCUT2D eigenvalue weighted by atomic mass is 10.0. The summed E-state index contributed by atoms with van der Waals surface area (Å²) in [5.74, 6) is 0.504. The molecule has 1 aliphatic rings. The number of nitrogens with zero attached hydrogens (tertiary/aromatic N) is 5. The predicted octanol–water partition coefficient (Wildman–Crippen LogP) is 6.65. The molecular formula is C31H29F3N6O2S2. The molecule has 13 heteroatoms. The van der Waals surface area contributed by atoms with Crippen molar-refractivity contribution in [2.24, 2.45) is 4.99 Å². The monoisotopic (exact) mass is 638 g/mol. The topological polar surface area (TPSA) is 84.6 Å². The van der Waals surface area contributed by atoms with Crippen LogP contribution in [0.2, 0.25) is 0 Å². The van der Waals surface area contributed by atoms with Crippen LogP contribution < -0.4 is 15.0 Å². The van der Waals surface area contributed by atoms with Crippen molar-refractivity contribution in [1.82, 2.24) is 20.1 Å². The number of thiocarbonyl (C=S) groups is 1. The number of hydrogen-bond donors (Lipinski definition) is 1. The lowest BCUT2D eigenvalue weighted by Crippen LogP contribution is -2.32. The molecule has 0 radical (unpaired) electrons. The minimum atomic E-state index is -4.75. The Morgan fingerprint density at radius 2 is 1.91 bits per heavy atom. The number of aromatic nitrogens is 3. The van der Waals surface area contributed by atoms with Crippen LogP contribution in [0, 0.1) is 6.92 Å². The Kier molecular flexibility index (Phi) is 9.64. The van der Waals surface area contributed by atoms with Gasteiger partial charge in [-0.1, -0.05) is 55.1 Å². The number of hydrogen-bond acceptors (Lipinski definition) is 6. The average Bonchev–Trinajstić information content (AvgIpc) is 3.62. The number of carbonyl (C=O) groups excluding carboxylic acids is 1. The molecule has 8 nitrogen and oxygen atoms in total. The third-order valence-corrected chi connectivity index (χ3v) is 7.98. The molecular weight excluding hydrogens is 610 g/mol. The summed E-state index contributed by atoms with van der Waals surface area (Å²) in [6.45, 7) is 4.66. The van der Waals surface area contributed by atoms with Crippen molar-refractivity contribution < 1.29 is 22.7 Å². The number of anilines is 1. The first-order valence-corrected chi connectivity index (χ1v) is 15.3. The Balaban J connectivity index is 1.16. The molecule has 1 aliphatic heterocycles. The molecule has 4 aromatic rings. The van der Waals surface area contributed by atoms with Gasteiger partial charge in [-0.3, -0.25) is 9.69 Å². The smallest absolute Gasteiger partial charge is 0.406 e. The molecule has 1 saturated heterocycles. The molecule has 0 saturated carbocycles. The zero-order valence-electron chi connectivity index (χ0n) is 24.0. The van der Waals surface area contributed by atoms with Crippen LogP contribution in [0.4, 0.5) is 18.9 Å². The Hall–Kier alpha value is -4.23. The first-order chi connectivity index (χ1) is 21.1. The molecule has 44 heavy (non-hydrogen) atoms. The van der Waals surface area contributed by atoms with Crippen LogP contribution >= 0.6 is 24.0 Å². The summed E-state index contributed by atoms with van der Waals surface area (Å²) >= 11 is 6.87. The number of aryl methyl sites for hydroxylation is 3. The van der Waals surface area contributed by atoms with Crippen molar-refractivity contribution in [3.63, 3.8) is 0 Å². The summed E-state index contributed by atoms with van der Waals surface area (Å²) in [6.07, 6.45) is -0.881. The molecule has 228 valence electrons. The van der Waals surface area contributed by atoms with Crippen molar-refractivity contribution >= 4 is 45.9 Å². The van der Waals surface area contributed by atoms with E-state index in [1.807, 2.05) is 49.4 Å². The minimum Gasteiger partial charge on any atom is -0.406 e. The predicted molar refractivity (Wildman–Crippen MR) is 170 cm³/mol. The molecule has 1 amide bonds. The molecule has 0 bridgehead atoms. The number of amidine groups is 1. The zero-order chi connectivity index (χ0) is 31.3. The van der Waals surface area contributed by atoms with E-state index in [0.717, 1.165) is 47.2 Å². The van der Waals surface area contributed by atoms with Gasteiger partial charge in [0.2, 0.25) is 5.91 Å². The third kappa shape index (κ3) is 7.64. The normalized spacial score (nSPS) is 14.3. The van der Waals surface area contributed by atoms with E-state index in [1.165, 1.54) is 47.0 Å². The molecule has 0 atom stereocenters. The minimum absolute atomic E-state index is 0.00630. The maximum atomic E-state index is 12.8. The Morgan fingerprint density at radius 1 is 1.14 bits per heavy atom. The number of aliphatic imine (C=N–C) groups is 1. The molecule has 2 heterocycles. The van der Waals surface area contributed by atoms with Crippen molar-refractivity contribution in [2.45, 2.75) is 39.5 Å². The number of halogens is 3. The van der Waals surface area contributed by atoms with Gasteiger partial charge in [0.05, 0.1) is 17.1 Å². The van der Waals surface area contributed by atoms with Gasteiger partial charge in [0.15, 0.2) is 16.1 Å². The number of thioether (sulfide) groups is 1. The van der Waals surface area contributed by atoms with E-state index in [-0.39, 0.29) is 11.7 Å². The van der Waals surface area contributed by atoms with Gasteiger partial charge in [-0.15, -0.1) is 18.3 Å². The molecule has 3 aromatic carbocycles. The highest BCUT2D eigenvalue weighted by Crippen LogP contribution is 2.33. The summed E-state index contributed by atoms with van der Waals surface area (Å²) in [6, 6.07) is 19.3. The van der Waals surface area contributed by atoms with Gasteiger partial charge >= 0.3 is 6.36 Å². The standard InChI is InChI=1S/C31H29F3N6O2S2/c1-3-22-10-4-7-20(2)27(22)40-26(41)18-44-30(40)37-29(43)35-16-6-9-21-8-5-11-23(17-21)28-36-19-39(38-28)24-12-14-25(15-13-24)42-31(32,33)34/h4-5,7-8,10-15,17,19H,3,6,9,16,18H2,1-2H3,(H,35,43). The number of carbonyl (C=O) groups is 1. The van der Waals surface area contributed by atoms with Gasteiger partial charge in [0, 0.05) is 12.1 Å². The Labute approximate surface area is 262 Å². The third-order valence-electron chi connectivity index (χ3n) is 6.82. The van der Waals surface area contributed by atoms with Gasteiger partial charge in [-0.25, -0.2) is 9.67 Å². The van der Waals surface area contributed by atoms with Crippen LogP contribution in [0.1, 0.15) is 30.0 Å². The fraction of sp³-hybridized carbons (Fsp3) is 0.258. The van der Waals surface area contributed by atoms with Crippen LogP contribution in [-0.4, -0.2) is 49.6 Å². The second-order valence-electron chi connectivity index (χ2n) is 9.94. The number of rotatable bonds is 9. The number of benzene rings is 3. The zero-order valence-corrected chi connectivity index (χ0v) is 25.6. The van der Waals surface area contributed by atoms with Crippen molar-refractivity contribution in [1.29, 1.82) is 0 Å². The quantitative estimate of drug-likeness (QED) is 0.162. The van der Waals surface area contributed by atoms with Crippen LogP contribution in [0.25, 0.3) is 17.1 Å². The fourth-order valence-electron chi connectivity index (χ4n) is 4.79. The van der Waals surface area contributed by atoms with Crippen LogP contribution in [0.5, 0.6) is 5.75 Å². The number of alkyl halides is 3. The van der Waals surface area contributed by atoms with Gasteiger partial charge in [0.1, 0.15) is 12.1 Å². The average molecular weight is 639 g/mol. The van der Waals surface area contributed by atoms with Crippen molar-refractivity contribution in [2.75, 3.05) is 17.2 Å². The van der Waals surface area contributed by atoms with Crippen molar-refractivity contribution in [3.05, 3.63) is 89.7 Å². The highest BCUT2D eigenvalue weighted by atomic mass is 32.2. The van der Waals surface area contributed by atoms with Gasteiger partial charge in [-0.2, -0.15) is 4.99 Å². The van der Waals surface area contributed by atoms with Gasteiger partial charge < -0.3 is 10.1 Å². The molecule has 0 unspecified atom stereocenters. The highest BCUT2D eigenvalue weighted by molar-refractivity contribution is 8.15. The number of para-hydroxylation sites is 1. The maximum Gasteiger partial charge on any atom is 0.573 e. The SMILES string of the molecule is CCc1cccc(C)c1N1C(=O)CSC1=NC(=S)NCCCc1cccc(-c2ncn(-c3ccc(OC(F)(F)F)cc3)n2)c1. The second-order valence-corrected chi connectivity index (χ2v) is 11.3.